The number of hydrogen-bond donors (Lipinski definition) is 0. The van der Waals surface area contributed by atoms with E-state index in [-0.39, 0.29) is 16.2 Å². The summed E-state index contributed by atoms with van der Waals surface area (Å²) in [6.45, 7) is 9.63. The molecule has 0 amide bonds. The molecule has 0 heterocycles. The van der Waals surface area contributed by atoms with Gasteiger partial charge >= 0.3 is 0 Å². The Morgan fingerprint density at radius 3 is 1.20 bits per heavy atom. The highest BCUT2D eigenvalue weighted by Crippen LogP contribution is 2.63. The van der Waals surface area contributed by atoms with Crippen LogP contribution in [0, 0.1) is 0 Å². The minimum atomic E-state index is -0.0860. The molecular weight excluding hydrogens is 725 g/mol. The summed E-state index contributed by atoms with van der Waals surface area (Å²) >= 11 is 0. The maximum Gasteiger partial charge on any atom is 0.0461 e. The van der Waals surface area contributed by atoms with Crippen molar-refractivity contribution in [2.75, 3.05) is 9.80 Å². The number of para-hydroxylation sites is 4. The molecule has 2 heteroatoms. The van der Waals surface area contributed by atoms with Crippen LogP contribution < -0.4 is 9.80 Å². The Labute approximate surface area is 355 Å². The Balaban J connectivity index is 0.912. The lowest BCUT2D eigenvalue weighted by Crippen LogP contribution is -2.40. The van der Waals surface area contributed by atoms with E-state index in [1.54, 1.807) is 0 Å². The third kappa shape index (κ3) is 5.33. The van der Waals surface area contributed by atoms with Gasteiger partial charge in [-0.05, 0) is 154 Å². The van der Waals surface area contributed by atoms with Crippen LogP contribution in [0.1, 0.15) is 85.0 Å². The van der Waals surface area contributed by atoms with Crippen molar-refractivity contribution in [3.63, 3.8) is 0 Å². The Morgan fingerprint density at radius 1 is 0.383 bits per heavy atom. The van der Waals surface area contributed by atoms with Gasteiger partial charge in [0, 0.05) is 50.4 Å². The van der Waals surface area contributed by atoms with Crippen molar-refractivity contribution in [1.82, 2.24) is 0 Å². The fourth-order valence-electron chi connectivity index (χ4n) is 11.1. The zero-order chi connectivity index (χ0) is 40.6. The van der Waals surface area contributed by atoms with E-state index in [0.717, 1.165) is 42.0 Å². The van der Waals surface area contributed by atoms with Gasteiger partial charge in [0.15, 0.2) is 0 Å². The monoisotopic (exact) mass is 774 g/mol. The van der Waals surface area contributed by atoms with E-state index in [1.165, 1.54) is 67.0 Å². The highest BCUT2D eigenvalue weighted by atomic mass is 15.1. The smallest absolute Gasteiger partial charge is 0.0461 e. The third-order valence-electron chi connectivity index (χ3n) is 14.4. The molecule has 3 aliphatic rings. The summed E-state index contributed by atoms with van der Waals surface area (Å²) in [5, 5.41) is 0. The van der Waals surface area contributed by atoms with E-state index in [1.807, 2.05) is 0 Å². The van der Waals surface area contributed by atoms with Crippen LogP contribution in [0.5, 0.6) is 0 Å². The Hall–Kier alpha value is -6.64. The van der Waals surface area contributed by atoms with Crippen molar-refractivity contribution in [2.24, 2.45) is 0 Å². The van der Waals surface area contributed by atoms with Crippen molar-refractivity contribution < 1.29 is 0 Å². The van der Waals surface area contributed by atoms with Crippen molar-refractivity contribution in [3.05, 3.63) is 239 Å². The molecule has 292 valence electrons. The third-order valence-corrected chi connectivity index (χ3v) is 14.4. The van der Waals surface area contributed by atoms with Gasteiger partial charge in [-0.3, -0.25) is 0 Å². The Morgan fingerprint density at radius 2 is 0.767 bits per heavy atom. The van der Waals surface area contributed by atoms with Gasteiger partial charge in [-0.2, -0.15) is 0 Å². The van der Waals surface area contributed by atoms with Gasteiger partial charge in [0.25, 0.3) is 0 Å². The molecule has 3 aliphatic carbocycles. The number of hydrogen-bond acceptors (Lipinski definition) is 2. The molecule has 0 N–H and O–H groups in total. The summed E-state index contributed by atoms with van der Waals surface area (Å²) in [7, 11) is 0. The summed E-state index contributed by atoms with van der Waals surface area (Å²) in [6.07, 6.45) is 3.20. The first-order valence-electron chi connectivity index (χ1n) is 21.8. The van der Waals surface area contributed by atoms with E-state index in [0.29, 0.717) is 0 Å². The molecule has 8 aromatic rings. The summed E-state index contributed by atoms with van der Waals surface area (Å²) in [5.74, 6) is 0. The highest BCUT2D eigenvalue weighted by Gasteiger charge is 2.53. The molecule has 8 aromatic carbocycles. The predicted molar refractivity (Wildman–Crippen MR) is 251 cm³/mol. The summed E-state index contributed by atoms with van der Waals surface area (Å²) in [6, 6.07) is 71.9. The summed E-state index contributed by atoms with van der Waals surface area (Å²) < 4.78 is 0. The van der Waals surface area contributed by atoms with Gasteiger partial charge < -0.3 is 9.80 Å². The average Bonchev–Trinajstić information content (AvgIpc) is 3.89. The van der Waals surface area contributed by atoms with Crippen LogP contribution in [0.2, 0.25) is 0 Å². The van der Waals surface area contributed by atoms with Gasteiger partial charge in [0.2, 0.25) is 0 Å². The Kier molecular flexibility index (Phi) is 8.33. The molecule has 0 saturated heterocycles. The normalized spacial score (nSPS) is 18.7. The SMILES string of the molecule is CCC1(c2ccc(N(c3ccccc3)c3ccccc3)cc2)Cc2cc3c(cc21)C(C)(C)c1cc2c(cc1-3)C2(CC)c1ccc(N(c2ccccc2)c2ccccc2)cc1. The van der Waals surface area contributed by atoms with Gasteiger partial charge in [-0.25, -0.2) is 0 Å². The first-order valence-corrected chi connectivity index (χ1v) is 21.8. The van der Waals surface area contributed by atoms with E-state index < -0.39 is 0 Å². The van der Waals surface area contributed by atoms with Crippen LogP contribution in [0.4, 0.5) is 34.1 Å². The second kappa shape index (κ2) is 13.7. The molecule has 0 saturated carbocycles. The predicted octanol–water partition coefficient (Wildman–Crippen LogP) is 15.2. The fraction of sp³-hybridized carbons (Fsp3) is 0.172. The molecule has 0 aromatic heterocycles. The lowest BCUT2D eigenvalue weighted by molar-refractivity contribution is 0.431. The maximum atomic E-state index is 2.60. The van der Waals surface area contributed by atoms with Crippen LogP contribution >= 0.6 is 0 Å². The minimum absolute atomic E-state index is 0.0194. The summed E-state index contributed by atoms with van der Waals surface area (Å²) in [5.41, 5.74) is 21.5. The van der Waals surface area contributed by atoms with Gasteiger partial charge in [0.05, 0.1) is 0 Å². The van der Waals surface area contributed by atoms with Crippen molar-refractivity contribution >= 4 is 34.1 Å². The lowest BCUT2D eigenvalue weighted by atomic mass is 9.58. The van der Waals surface area contributed by atoms with Gasteiger partial charge in [0.1, 0.15) is 0 Å². The fourth-order valence-corrected chi connectivity index (χ4v) is 11.1. The first kappa shape index (κ1) is 36.4. The first-order chi connectivity index (χ1) is 29.4. The molecule has 2 unspecified atom stereocenters. The Bertz CT molecular complexity index is 2780. The van der Waals surface area contributed by atoms with Crippen LogP contribution in [-0.2, 0) is 22.7 Å². The molecule has 0 bridgehead atoms. The minimum Gasteiger partial charge on any atom is -0.311 e. The van der Waals surface area contributed by atoms with Crippen molar-refractivity contribution in [2.45, 2.75) is 63.2 Å². The van der Waals surface area contributed by atoms with E-state index in [9.17, 15) is 0 Å². The largest absolute Gasteiger partial charge is 0.311 e. The highest BCUT2D eigenvalue weighted by molar-refractivity contribution is 5.88. The number of fused-ring (bicyclic) bond motifs is 5. The number of nitrogens with zero attached hydrogens (tertiary/aromatic N) is 2. The zero-order valence-electron chi connectivity index (χ0n) is 35.0. The molecular formula is C58H50N2. The van der Waals surface area contributed by atoms with E-state index in [2.05, 4.69) is 232 Å². The summed E-state index contributed by atoms with van der Waals surface area (Å²) in [4.78, 5) is 4.70. The van der Waals surface area contributed by atoms with Crippen molar-refractivity contribution in [3.8, 4) is 11.1 Å². The standard InChI is InChI=1S/C58H50N2/c1-5-57(41-27-31-47(32-28-41)59(43-19-11-7-12-20-43)44-21-13-8-14-22-44)39-40-35-49-50-36-54-55(38-53(50)56(3,4)52(49)37-51(40)57)58(54,6-2)42-29-33-48(34-30-42)60(45-23-15-9-16-24-45)46-25-17-10-18-26-46/h7-38H,5-6,39H2,1-4H3. The number of anilines is 6. The van der Waals surface area contributed by atoms with Crippen LogP contribution in [0.15, 0.2) is 194 Å². The number of benzene rings is 8. The maximum absolute atomic E-state index is 2.60. The molecule has 0 spiro atoms. The second-order valence-electron chi connectivity index (χ2n) is 17.6. The number of rotatable bonds is 10. The second-order valence-corrected chi connectivity index (χ2v) is 17.6. The van der Waals surface area contributed by atoms with Crippen LogP contribution in [0.25, 0.3) is 11.1 Å². The zero-order valence-corrected chi connectivity index (χ0v) is 35.0. The molecule has 0 aliphatic heterocycles. The average molecular weight is 775 g/mol. The quantitative estimate of drug-likeness (QED) is 0.137. The molecule has 0 radical (unpaired) electrons. The molecule has 2 nitrogen and oxygen atoms in total. The lowest BCUT2D eigenvalue weighted by Gasteiger charge is -2.45. The topological polar surface area (TPSA) is 6.48 Å². The molecule has 2 atom stereocenters. The van der Waals surface area contributed by atoms with Crippen molar-refractivity contribution in [1.29, 1.82) is 0 Å². The van der Waals surface area contributed by atoms with E-state index in [4.69, 9.17) is 0 Å². The van der Waals surface area contributed by atoms with Crippen LogP contribution in [0.3, 0.4) is 0 Å². The molecule has 11 rings (SSSR count). The molecule has 60 heavy (non-hydrogen) atoms. The molecule has 0 fully saturated rings. The van der Waals surface area contributed by atoms with Crippen LogP contribution in [-0.4, -0.2) is 0 Å². The van der Waals surface area contributed by atoms with Gasteiger partial charge in [-0.1, -0.05) is 143 Å². The van der Waals surface area contributed by atoms with Gasteiger partial charge in [-0.15, -0.1) is 0 Å². The van der Waals surface area contributed by atoms with E-state index >= 15 is 0 Å².